The van der Waals surface area contributed by atoms with Crippen molar-refractivity contribution in [1.29, 1.82) is 0 Å². The fraction of sp³-hybridized carbons (Fsp3) is 0.100. The van der Waals surface area contributed by atoms with Gasteiger partial charge in [0, 0.05) is 33.8 Å². The van der Waals surface area contributed by atoms with Gasteiger partial charge in [0.05, 0.1) is 6.33 Å². The second-order valence-electron chi connectivity index (χ2n) is 5.05. The maximum Gasteiger partial charge on any atom is 0.0980 e. The van der Waals surface area contributed by atoms with Crippen molar-refractivity contribution < 1.29 is 4.39 Å². The Morgan fingerprint density at radius 3 is 2.38 bits per heavy atom. The van der Waals surface area contributed by atoms with Crippen LogP contribution in [0.2, 0.25) is 0 Å². The van der Waals surface area contributed by atoms with E-state index < -0.39 is 0 Å². The summed E-state index contributed by atoms with van der Waals surface area (Å²) in [5.74, 6) is 0. The number of hydrogen-bond donors (Lipinski definition) is 3. The molecule has 0 unspecified atom stereocenters. The molecule has 0 aliphatic carbocycles. The second kappa shape index (κ2) is 10.3. The van der Waals surface area contributed by atoms with Gasteiger partial charge >= 0.3 is 0 Å². The zero-order valence-corrected chi connectivity index (χ0v) is 14.9. The summed E-state index contributed by atoms with van der Waals surface area (Å²) in [5.41, 5.74) is 3.05. The van der Waals surface area contributed by atoms with Crippen molar-refractivity contribution in [2.24, 2.45) is 0 Å². The first-order valence-corrected chi connectivity index (χ1v) is 7.90. The molecular formula is C20H23FN2S. The number of rotatable bonds is 8. The summed E-state index contributed by atoms with van der Waals surface area (Å²) in [4.78, 5) is 0.852. The third kappa shape index (κ3) is 6.75. The minimum Gasteiger partial charge on any atom is -0.362 e. The molecule has 0 aliphatic heterocycles. The van der Waals surface area contributed by atoms with E-state index in [9.17, 15) is 4.39 Å². The van der Waals surface area contributed by atoms with Crippen LogP contribution in [0.3, 0.4) is 0 Å². The van der Waals surface area contributed by atoms with E-state index in [1.807, 2.05) is 62.4 Å². The average Bonchev–Trinajstić information content (AvgIpc) is 2.57. The van der Waals surface area contributed by atoms with Crippen LogP contribution in [0.15, 0.2) is 102 Å². The first-order valence-electron chi connectivity index (χ1n) is 7.45. The van der Waals surface area contributed by atoms with Crippen LogP contribution in [0, 0.1) is 0 Å². The molecule has 0 fully saturated rings. The molecule has 0 saturated heterocycles. The van der Waals surface area contributed by atoms with E-state index in [4.69, 9.17) is 0 Å². The van der Waals surface area contributed by atoms with Crippen molar-refractivity contribution in [3.05, 3.63) is 96.8 Å². The summed E-state index contributed by atoms with van der Waals surface area (Å²) in [6.45, 7) is 11.7. The molecule has 0 bridgehead atoms. The molecular weight excluding hydrogens is 319 g/mol. The van der Waals surface area contributed by atoms with Gasteiger partial charge in [-0.05, 0) is 44.2 Å². The molecule has 0 atom stereocenters. The number of halogens is 1. The lowest BCUT2D eigenvalue weighted by Crippen LogP contribution is -2.11. The number of anilines is 1. The average molecular weight is 342 g/mol. The molecule has 2 nitrogen and oxygen atoms in total. The van der Waals surface area contributed by atoms with Crippen molar-refractivity contribution >= 4 is 18.3 Å². The van der Waals surface area contributed by atoms with E-state index in [2.05, 4.69) is 36.4 Å². The third-order valence-electron chi connectivity index (χ3n) is 3.20. The fourth-order valence-corrected chi connectivity index (χ4v) is 1.83. The van der Waals surface area contributed by atoms with Crippen LogP contribution in [0.4, 0.5) is 10.1 Å². The third-order valence-corrected chi connectivity index (χ3v) is 3.50. The SMILES string of the molecule is C=C(N/C=C/C=C/C(C)=C/C)/C(=C\F)C(=C)Nc1ccc(S)cc1. The second-order valence-corrected chi connectivity index (χ2v) is 5.56. The van der Waals surface area contributed by atoms with Crippen LogP contribution < -0.4 is 10.6 Å². The van der Waals surface area contributed by atoms with Crippen LogP contribution in [0.5, 0.6) is 0 Å². The molecule has 0 amide bonds. The van der Waals surface area contributed by atoms with Gasteiger partial charge in [-0.1, -0.05) is 37.0 Å². The van der Waals surface area contributed by atoms with Gasteiger partial charge in [0.25, 0.3) is 0 Å². The quantitative estimate of drug-likeness (QED) is 0.405. The van der Waals surface area contributed by atoms with E-state index >= 15 is 0 Å². The molecule has 0 heterocycles. The molecule has 24 heavy (non-hydrogen) atoms. The highest BCUT2D eigenvalue weighted by Crippen LogP contribution is 2.20. The van der Waals surface area contributed by atoms with E-state index in [1.54, 1.807) is 6.20 Å². The predicted molar refractivity (Wildman–Crippen MR) is 106 cm³/mol. The van der Waals surface area contributed by atoms with Gasteiger partial charge in [-0.25, -0.2) is 4.39 Å². The van der Waals surface area contributed by atoms with Crippen molar-refractivity contribution in [3.8, 4) is 0 Å². The van der Waals surface area contributed by atoms with Gasteiger partial charge < -0.3 is 10.6 Å². The normalized spacial score (nSPS) is 12.7. The van der Waals surface area contributed by atoms with Crippen LogP contribution in [0.25, 0.3) is 0 Å². The Kier molecular flexibility index (Phi) is 8.44. The van der Waals surface area contributed by atoms with Crippen molar-refractivity contribution in [2.75, 3.05) is 5.32 Å². The molecule has 0 aliphatic rings. The Morgan fingerprint density at radius 1 is 1.12 bits per heavy atom. The Morgan fingerprint density at radius 2 is 1.79 bits per heavy atom. The van der Waals surface area contributed by atoms with E-state index in [0.29, 0.717) is 17.7 Å². The van der Waals surface area contributed by atoms with Crippen LogP contribution in [-0.4, -0.2) is 0 Å². The molecule has 126 valence electrons. The Balaban J connectivity index is 2.63. The van der Waals surface area contributed by atoms with Crippen molar-refractivity contribution in [2.45, 2.75) is 18.7 Å². The summed E-state index contributed by atoms with van der Waals surface area (Å²) in [7, 11) is 0. The predicted octanol–water partition coefficient (Wildman–Crippen LogP) is 5.89. The van der Waals surface area contributed by atoms with Crippen LogP contribution in [-0.2, 0) is 0 Å². The van der Waals surface area contributed by atoms with E-state index in [0.717, 1.165) is 16.2 Å². The van der Waals surface area contributed by atoms with Gasteiger partial charge in [0.15, 0.2) is 0 Å². The minimum absolute atomic E-state index is 0.267. The molecule has 4 heteroatoms. The van der Waals surface area contributed by atoms with Gasteiger partial charge in [-0.2, -0.15) is 0 Å². The molecule has 0 aromatic heterocycles. The Hall–Kier alpha value is -2.46. The molecule has 1 aromatic rings. The lowest BCUT2D eigenvalue weighted by Gasteiger charge is -2.14. The number of thiol groups is 1. The maximum absolute atomic E-state index is 13.2. The lowest BCUT2D eigenvalue weighted by molar-refractivity contribution is 0.711. The van der Waals surface area contributed by atoms with Crippen molar-refractivity contribution in [1.82, 2.24) is 5.32 Å². The first-order chi connectivity index (χ1) is 11.5. The van der Waals surface area contributed by atoms with Gasteiger partial charge in [0.2, 0.25) is 0 Å². The van der Waals surface area contributed by atoms with Gasteiger partial charge in [0.1, 0.15) is 0 Å². The number of allylic oxidation sites excluding steroid dienone is 5. The molecule has 1 aromatic carbocycles. The lowest BCUT2D eigenvalue weighted by atomic mass is 10.1. The van der Waals surface area contributed by atoms with Gasteiger partial charge in [-0.15, -0.1) is 12.6 Å². The monoisotopic (exact) mass is 342 g/mol. The molecule has 0 radical (unpaired) electrons. The summed E-state index contributed by atoms with van der Waals surface area (Å²) in [6, 6.07) is 7.36. The van der Waals surface area contributed by atoms with E-state index in [-0.39, 0.29) is 5.57 Å². The molecule has 2 N–H and O–H groups in total. The highest BCUT2D eigenvalue weighted by Gasteiger charge is 2.07. The van der Waals surface area contributed by atoms with Crippen LogP contribution in [0.1, 0.15) is 13.8 Å². The van der Waals surface area contributed by atoms with E-state index in [1.165, 1.54) is 0 Å². The topological polar surface area (TPSA) is 24.1 Å². The highest BCUT2D eigenvalue weighted by molar-refractivity contribution is 7.80. The summed E-state index contributed by atoms with van der Waals surface area (Å²) in [5, 5.41) is 5.98. The van der Waals surface area contributed by atoms with Gasteiger partial charge in [-0.3, -0.25) is 0 Å². The number of benzene rings is 1. The van der Waals surface area contributed by atoms with Crippen LogP contribution >= 0.6 is 12.6 Å². The fourth-order valence-electron chi connectivity index (χ4n) is 1.69. The molecule has 1 rings (SSSR count). The standard InChI is InChI=1S/C20H23FN2S/c1-5-15(2)8-6-7-13-22-16(3)20(14-21)17(4)23-18-9-11-19(24)12-10-18/h5-14,22-24H,3-4H2,1-2H3/b8-6+,13-7+,15-5+,20-14+. The zero-order chi connectivity index (χ0) is 17.9. The maximum atomic E-state index is 13.2. The summed E-state index contributed by atoms with van der Waals surface area (Å²) >= 11 is 4.23. The minimum atomic E-state index is 0.267. The largest absolute Gasteiger partial charge is 0.362 e. The Labute approximate surface area is 149 Å². The summed E-state index contributed by atoms with van der Waals surface area (Å²) in [6.07, 6.45) is 9.85. The Bertz CT molecular complexity index is 695. The molecule has 0 saturated carbocycles. The highest BCUT2D eigenvalue weighted by atomic mass is 32.1. The zero-order valence-electron chi connectivity index (χ0n) is 14.0. The first kappa shape index (κ1) is 19.6. The number of hydrogen-bond acceptors (Lipinski definition) is 3. The van der Waals surface area contributed by atoms with Crippen molar-refractivity contribution in [3.63, 3.8) is 0 Å². The summed E-state index contributed by atoms with van der Waals surface area (Å²) < 4.78 is 13.2. The molecule has 0 spiro atoms. The number of nitrogens with one attached hydrogen (secondary N) is 2. The smallest absolute Gasteiger partial charge is 0.0980 e.